The largest absolute Gasteiger partial charge is 0.377 e. The number of rotatable bonds is 17. The summed E-state index contributed by atoms with van der Waals surface area (Å²) in [6, 6.07) is 0. The van der Waals surface area contributed by atoms with E-state index in [9.17, 15) is 4.39 Å². The summed E-state index contributed by atoms with van der Waals surface area (Å²) in [6.07, 6.45) is 13.3. The van der Waals surface area contributed by atoms with Gasteiger partial charge < -0.3 is 9.64 Å². The van der Waals surface area contributed by atoms with Crippen molar-refractivity contribution >= 4 is 0 Å². The van der Waals surface area contributed by atoms with Crippen LogP contribution < -0.4 is 0 Å². The van der Waals surface area contributed by atoms with Gasteiger partial charge in [0.2, 0.25) is 0 Å². The van der Waals surface area contributed by atoms with Crippen molar-refractivity contribution in [3.8, 4) is 0 Å². The summed E-state index contributed by atoms with van der Waals surface area (Å²) >= 11 is 0. The zero-order valence-electron chi connectivity index (χ0n) is 14.5. The monoisotopic (exact) mass is 303 g/mol. The number of halogens is 1. The van der Waals surface area contributed by atoms with Crippen LogP contribution >= 0.6 is 0 Å². The molecular formula is C18H38FNO. The van der Waals surface area contributed by atoms with Crippen LogP contribution in [0.1, 0.15) is 78.1 Å². The summed E-state index contributed by atoms with van der Waals surface area (Å²) < 4.78 is 17.3. The molecule has 3 heteroatoms. The molecule has 0 spiro atoms. The molecular weight excluding hydrogens is 265 g/mol. The lowest BCUT2D eigenvalue weighted by Gasteiger charge is -2.22. The van der Waals surface area contributed by atoms with E-state index in [1.807, 2.05) is 0 Å². The maximum Gasteiger partial charge on any atom is 0.113 e. The first-order chi connectivity index (χ1) is 10.3. The van der Waals surface area contributed by atoms with Crippen LogP contribution in [0.4, 0.5) is 4.39 Å². The summed E-state index contributed by atoms with van der Waals surface area (Å²) in [6.45, 7) is 8.38. The lowest BCUT2D eigenvalue weighted by Crippen LogP contribution is -2.30. The van der Waals surface area contributed by atoms with Crippen LogP contribution in [0.3, 0.4) is 0 Å². The van der Waals surface area contributed by atoms with Crippen molar-refractivity contribution in [1.82, 2.24) is 4.90 Å². The normalized spacial score (nSPS) is 11.4. The zero-order valence-corrected chi connectivity index (χ0v) is 14.5. The van der Waals surface area contributed by atoms with Crippen molar-refractivity contribution in [1.29, 1.82) is 0 Å². The van der Waals surface area contributed by atoms with Crippen LogP contribution in [0.2, 0.25) is 0 Å². The summed E-state index contributed by atoms with van der Waals surface area (Å²) in [5.41, 5.74) is 0. The Balaban J connectivity index is 3.69. The number of ether oxygens (including phenoxy) is 1. The SMILES string of the molecule is CCCCCCCN(CCCCCCC)CCOCCF. The highest BCUT2D eigenvalue weighted by molar-refractivity contribution is 4.59. The first-order valence-electron chi connectivity index (χ1n) is 9.21. The maximum atomic E-state index is 12.0. The molecule has 0 aliphatic heterocycles. The van der Waals surface area contributed by atoms with Gasteiger partial charge in [-0.05, 0) is 25.9 Å². The first-order valence-corrected chi connectivity index (χ1v) is 9.21. The quantitative estimate of drug-likeness (QED) is 0.342. The molecule has 0 aromatic rings. The Kier molecular flexibility index (Phi) is 17.8. The van der Waals surface area contributed by atoms with E-state index in [1.54, 1.807) is 0 Å². The molecule has 0 rings (SSSR count). The highest BCUT2D eigenvalue weighted by Crippen LogP contribution is 2.07. The summed E-state index contributed by atoms with van der Waals surface area (Å²) in [5.74, 6) is 0. The smallest absolute Gasteiger partial charge is 0.113 e. The molecule has 0 saturated heterocycles. The molecule has 0 aliphatic rings. The summed E-state index contributed by atoms with van der Waals surface area (Å²) in [5, 5.41) is 0. The van der Waals surface area contributed by atoms with Crippen LogP contribution in [0, 0.1) is 0 Å². The lowest BCUT2D eigenvalue weighted by molar-refractivity contribution is 0.0918. The van der Waals surface area contributed by atoms with Crippen molar-refractivity contribution in [2.75, 3.05) is 39.5 Å². The van der Waals surface area contributed by atoms with Crippen molar-refractivity contribution in [3.63, 3.8) is 0 Å². The molecule has 21 heavy (non-hydrogen) atoms. The van der Waals surface area contributed by atoms with Crippen molar-refractivity contribution < 1.29 is 9.13 Å². The second-order valence-electron chi connectivity index (χ2n) is 5.97. The first kappa shape index (κ1) is 20.9. The molecule has 2 nitrogen and oxygen atoms in total. The summed E-state index contributed by atoms with van der Waals surface area (Å²) in [4.78, 5) is 2.51. The van der Waals surface area contributed by atoms with Gasteiger partial charge in [-0.3, -0.25) is 0 Å². The molecule has 0 N–H and O–H groups in total. The van der Waals surface area contributed by atoms with E-state index in [-0.39, 0.29) is 13.3 Å². The Morgan fingerprint density at radius 2 is 1.19 bits per heavy atom. The summed E-state index contributed by atoms with van der Waals surface area (Å²) in [7, 11) is 0. The molecule has 0 heterocycles. The maximum absolute atomic E-state index is 12.0. The fraction of sp³-hybridized carbons (Fsp3) is 1.00. The van der Waals surface area contributed by atoms with E-state index in [0.717, 1.165) is 6.54 Å². The molecule has 0 aromatic heterocycles. The lowest BCUT2D eigenvalue weighted by atomic mass is 10.1. The topological polar surface area (TPSA) is 12.5 Å². The van der Waals surface area contributed by atoms with E-state index in [2.05, 4.69) is 18.7 Å². The van der Waals surface area contributed by atoms with Crippen LogP contribution in [0.15, 0.2) is 0 Å². The van der Waals surface area contributed by atoms with Gasteiger partial charge in [-0.2, -0.15) is 0 Å². The predicted molar refractivity (Wildman–Crippen MR) is 90.8 cm³/mol. The second kappa shape index (κ2) is 17.9. The molecule has 0 aromatic carbocycles. The Morgan fingerprint density at radius 3 is 1.67 bits per heavy atom. The molecule has 0 amide bonds. The molecule has 128 valence electrons. The van der Waals surface area contributed by atoms with Crippen LogP contribution in [-0.2, 0) is 4.74 Å². The minimum absolute atomic E-state index is 0.251. The van der Waals surface area contributed by atoms with E-state index < -0.39 is 0 Å². The molecule has 0 atom stereocenters. The third-order valence-corrected chi connectivity index (χ3v) is 3.93. The van der Waals surface area contributed by atoms with Gasteiger partial charge in [0.25, 0.3) is 0 Å². The molecule has 0 saturated carbocycles. The molecule has 0 bridgehead atoms. The minimum Gasteiger partial charge on any atom is -0.377 e. The van der Waals surface area contributed by atoms with E-state index in [4.69, 9.17) is 4.74 Å². The number of hydrogen-bond acceptors (Lipinski definition) is 2. The van der Waals surface area contributed by atoms with Gasteiger partial charge in [0.05, 0.1) is 13.2 Å². The van der Waals surface area contributed by atoms with Crippen molar-refractivity contribution in [2.24, 2.45) is 0 Å². The molecule has 0 radical (unpaired) electrons. The van der Waals surface area contributed by atoms with E-state index in [0.29, 0.717) is 6.61 Å². The Labute approximate surface area is 132 Å². The highest BCUT2D eigenvalue weighted by Gasteiger charge is 2.04. The van der Waals surface area contributed by atoms with Gasteiger partial charge >= 0.3 is 0 Å². The van der Waals surface area contributed by atoms with Crippen LogP contribution in [-0.4, -0.2) is 44.4 Å². The number of alkyl halides is 1. The fourth-order valence-corrected chi connectivity index (χ4v) is 2.56. The zero-order chi connectivity index (χ0) is 15.6. The van der Waals surface area contributed by atoms with E-state index in [1.165, 1.54) is 77.3 Å². The van der Waals surface area contributed by atoms with Crippen LogP contribution in [0.5, 0.6) is 0 Å². The number of hydrogen-bond donors (Lipinski definition) is 0. The highest BCUT2D eigenvalue weighted by atomic mass is 19.1. The third-order valence-electron chi connectivity index (χ3n) is 3.93. The predicted octanol–water partition coefficient (Wildman–Crippen LogP) is 5.22. The third kappa shape index (κ3) is 16.1. The number of unbranched alkanes of at least 4 members (excludes halogenated alkanes) is 8. The Hall–Kier alpha value is -0.150. The van der Waals surface area contributed by atoms with E-state index >= 15 is 0 Å². The molecule has 0 fully saturated rings. The molecule has 0 unspecified atom stereocenters. The Morgan fingerprint density at radius 1 is 0.667 bits per heavy atom. The second-order valence-corrected chi connectivity index (χ2v) is 5.97. The number of nitrogens with zero attached hydrogens (tertiary/aromatic N) is 1. The van der Waals surface area contributed by atoms with Crippen LogP contribution in [0.25, 0.3) is 0 Å². The average Bonchev–Trinajstić information content (AvgIpc) is 2.50. The van der Waals surface area contributed by atoms with Gasteiger partial charge in [0.15, 0.2) is 0 Å². The Bertz CT molecular complexity index is 176. The minimum atomic E-state index is -0.367. The van der Waals surface area contributed by atoms with Gasteiger partial charge in [-0.1, -0.05) is 65.2 Å². The van der Waals surface area contributed by atoms with Gasteiger partial charge in [0, 0.05) is 6.54 Å². The fourth-order valence-electron chi connectivity index (χ4n) is 2.56. The van der Waals surface area contributed by atoms with Gasteiger partial charge in [-0.15, -0.1) is 0 Å². The van der Waals surface area contributed by atoms with Crippen molar-refractivity contribution in [3.05, 3.63) is 0 Å². The van der Waals surface area contributed by atoms with Gasteiger partial charge in [0.1, 0.15) is 6.67 Å². The van der Waals surface area contributed by atoms with Gasteiger partial charge in [-0.25, -0.2) is 4.39 Å². The van der Waals surface area contributed by atoms with Crippen molar-refractivity contribution in [2.45, 2.75) is 78.1 Å². The molecule has 0 aliphatic carbocycles. The average molecular weight is 304 g/mol. The standard InChI is InChI=1S/C18H38FNO/c1-3-5-7-9-11-14-20(16-18-21-17-13-19)15-12-10-8-6-4-2/h3-18H2,1-2H3.